The van der Waals surface area contributed by atoms with Gasteiger partial charge in [-0.3, -0.25) is 0 Å². The normalized spacial score (nSPS) is 12.8. The molecule has 0 atom stereocenters. The topological polar surface area (TPSA) is 15.3 Å². The average Bonchev–Trinajstić information content (AvgIpc) is 2.48. The maximum absolute atomic E-state index is 3.17. The first-order chi connectivity index (χ1) is 6.31. The molecule has 1 heterocycles. The quantitative estimate of drug-likeness (QED) is 0.864. The fourth-order valence-corrected chi connectivity index (χ4v) is 1.93. The maximum Gasteiger partial charge on any atom is 0.0397 e. The van der Waals surface area contributed by atoms with Gasteiger partial charge in [0.05, 0.1) is 0 Å². The van der Waals surface area contributed by atoms with Gasteiger partial charge in [0.25, 0.3) is 0 Å². The molecule has 86 valence electrons. The number of nitrogens with zero attached hydrogens (tertiary/aromatic N) is 1. The van der Waals surface area contributed by atoms with E-state index in [1.54, 1.807) is 0 Å². The summed E-state index contributed by atoms with van der Waals surface area (Å²) < 4.78 is 0. The van der Waals surface area contributed by atoms with Crippen LogP contribution in [0.2, 0.25) is 0 Å². The van der Waals surface area contributed by atoms with Gasteiger partial charge in [0.15, 0.2) is 0 Å². The lowest BCUT2D eigenvalue weighted by atomic mass is 10.1. The molecule has 1 aliphatic heterocycles. The van der Waals surface area contributed by atoms with Crippen LogP contribution in [0.3, 0.4) is 0 Å². The zero-order valence-electron chi connectivity index (χ0n) is 9.12. The van der Waals surface area contributed by atoms with Crippen molar-refractivity contribution in [2.45, 2.75) is 13.0 Å². The third kappa shape index (κ3) is 3.00. The van der Waals surface area contributed by atoms with Gasteiger partial charge < -0.3 is 10.2 Å². The summed E-state index contributed by atoms with van der Waals surface area (Å²) in [5, 5.41) is 3.17. The molecule has 0 amide bonds. The van der Waals surface area contributed by atoms with Gasteiger partial charge in [-0.15, -0.1) is 24.8 Å². The first-order valence-electron chi connectivity index (χ1n) is 4.79. The van der Waals surface area contributed by atoms with Crippen LogP contribution in [0.1, 0.15) is 11.1 Å². The summed E-state index contributed by atoms with van der Waals surface area (Å²) in [7, 11) is 4.14. The van der Waals surface area contributed by atoms with Gasteiger partial charge in [0.1, 0.15) is 0 Å². The van der Waals surface area contributed by atoms with Crippen molar-refractivity contribution >= 4 is 30.5 Å². The molecule has 0 bridgehead atoms. The number of anilines is 1. The predicted molar refractivity (Wildman–Crippen MR) is 70.7 cm³/mol. The van der Waals surface area contributed by atoms with Gasteiger partial charge in [-0.25, -0.2) is 0 Å². The number of hydrogen-bond donors (Lipinski definition) is 1. The summed E-state index contributed by atoms with van der Waals surface area (Å²) in [4.78, 5) is 2.32. The van der Waals surface area contributed by atoms with Crippen LogP contribution in [0.25, 0.3) is 0 Å². The van der Waals surface area contributed by atoms with Crippen LogP contribution in [-0.2, 0) is 13.0 Å². The van der Waals surface area contributed by atoms with Gasteiger partial charge in [0.2, 0.25) is 0 Å². The molecule has 15 heavy (non-hydrogen) atoms. The van der Waals surface area contributed by atoms with E-state index in [-0.39, 0.29) is 24.8 Å². The Morgan fingerprint density at radius 1 is 1.33 bits per heavy atom. The van der Waals surface area contributed by atoms with Gasteiger partial charge >= 0.3 is 0 Å². The lowest BCUT2D eigenvalue weighted by Gasteiger charge is -2.11. The van der Waals surface area contributed by atoms with E-state index < -0.39 is 0 Å². The summed E-state index contributed by atoms with van der Waals surface area (Å²) in [6.07, 6.45) is 1.20. The predicted octanol–water partition coefficient (Wildman–Crippen LogP) is 2.24. The van der Waals surface area contributed by atoms with Crippen LogP contribution in [0.15, 0.2) is 18.2 Å². The van der Waals surface area contributed by atoms with E-state index >= 15 is 0 Å². The van der Waals surface area contributed by atoms with E-state index in [2.05, 4.69) is 35.5 Å². The molecule has 0 radical (unpaired) electrons. The molecular weight excluding hydrogens is 231 g/mol. The second kappa shape index (κ2) is 6.21. The molecule has 1 aromatic carbocycles. The van der Waals surface area contributed by atoms with E-state index in [0.29, 0.717) is 0 Å². The molecule has 0 saturated heterocycles. The molecular formula is C11H18Cl2N2. The maximum atomic E-state index is 3.17. The number of benzene rings is 1. The van der Waals surface area contributed by atoms with E-state index in [1.807, 2.05) is 7.05 Å². The highest BCUT2D eigenvalue weighted by Crippen LogP contribution is 2.27. The summed E-state index contributed by atoms with van der Waals surface area (Å²) in [5.74, 6) is 0. The van der Waals surface area contributed by atoms with Crippen LogP contribution in [0.5, 0.6) is 0 Å². The number of hydrogen-bond acceptors (Lipinski definition) is 2. The lowest BCUT2D eigenvalue weighted by Crippen LogP contribution is -2.12. The Morgan fingerprint density at radius 2 is 2.07 bits per heavy atom. The van der Waals surface area contributed by atoms with Crippen LogP contribution in [0, 0.1) is 0 Å². The van der Waals surface area contributed by atoms with E-state index in [1.165, 1.54) is 29.8 Å². The van der Waals surface area contributed by atoms with Gasteiger partial charge in [-0.1, -0.05) is 12.1 Å². The number of likely N-dealkylation sites (N-methyl/N-ethyl adjacent to an activating group) is 1. The number of fused-ring (bicyclic) bond motifs is 1. The van der Waals surface area contributed by atoms with Crippen molar-refractivity contribution in [2.75, 3.05) is 25.5 Å². The molecule has 0 fully saturated rings. The molecule has 2 rings (SSSR count). The molecule has 0 unspecified atom stereocenters. The fourth-order valence-electron chi connectivity index (χ4n) is 1.93. The minimum absolute atomic E-state index is 0. The van der Waals surface area contributed by atoms with Crippen molar-refractivity contribution in [1.29, 1.82) is 0 Å². The average molecular weight is 249 g/mol. The SMILES string of the molecule is CNCc1ccc2c(c1)CCN2C.Cl.Cl. The molecule has 4 heteroatoms. The molecule has 0 aliphatic carbocycles. The summed E-state index contributed by atoms with van der Waals surface area (Å²) in [6.45, 7) is 2.13. The van der Waals surface area contributed by atoms with Gasteiger partial charge in [-0.2, -0.15) is 0 Å². The smallest absolute Gasteiger partial charge is 0.0397 e. The van der Waals surface area contributed by atoms with Crippen LogP contribution < -0.4 is 10.2 Å². The Balaban J connectivity index is 0.000000980. The number of nitrogens with one attached hydrogen (secondary N) is 1. The lowest BCUT2D eigenvalue weighted by molar-refractivity contribution is 0.817. The molecule has 1 aromatic rings. The van der Waals surface area contributed by atoms with Crippen molar-refractivity contribution in [3.8, 4) is 0 Å². The van der Waals surface area contributed by atoms with E-state index in [9.17, 15) is 0 Å². The van der Waals surface area contributed by atoms with Crippen LogP contribution in [0.4, 0.5) is 5.69 Å². The Bertz CT molecular complexity index is 315. The Hall–Kier alpha value is -0.440. The van der Waals surface area contributed by atoms with Crippen molar-refractivity contribution in [3.63, 3.8) is 0 Å². The second-order valence-corrected chi connectivity index (χ2v) is 3.66. The minimum Gasteiger partial charge on any atom is -0.374 e. The van der Waals surface area contributed by atoms with Crippen LogP contribution >= 0.6 is 24.8 Å². The van der Waals surface area contributed by atoms with Crippen LogP contribution in [-0.4, -0.2) is 20.6 Å². The molecule has 1 N–H and O–H groups in total. The monoisotopic (exact) mass is 248 g/mol. The highest BCUT2D eigenvalue weighted by Gasteiger charge is 2.14. The highest BCUT2D eigenvalue weighted by molar-refractivity contribution is 5.85. The molecule has 0 spiro atoms. The van der Waals surface area contributed by atoms with E-state index in [4.69, 9.17) is 0 Å². The Kier molecular flexibility index (Phi) is 6.03. The Labute approximate surface area is 104 Å². The molecule has 0 aromatic heterocycles. The summed E-state index contributed by atoms with van der Waals surface area (Å²) >= 11 is 0. The second-order valence-electron chi connectivity index (χ2n) is 3.66. The van der Waals surface area contributed by atoms with Gasteiger partial charge in [0, 0.05) is 25.8 Å². The first-order valence-corrected chi connectivity index (χ1v) is 4.79. The fraction of sp³-hybridized carbons (Fsp3) is 0.455. The zero-order valence-corrected chi connectivity index (χ0v) is 10.8. The minimum atomic E-state index is 0. The molecule has 1 aliphatic rings. The highest BCUT2D eigenvalue weighted by atomic mass is 35.5. The first kappa shape index (κ1) is 14.6. The number of rotatable bonds is 2. The zero-order chi connectivity index (χ0) is 9.26. The summed E-state index contributed by atoms with van der Waals surface area (Å²) in [6, 6.07) is 6.75. The van der Waals surface area contributed by atoms with E-state index in [0.717, 1.165) is 6.54 Å². The van der Waals surface area contributed by atoms with Crippen molar-refractivity contribution in [3.05, 3.63) is 29.3 Å². The summed E-state index contributed by atoms with van der Waals surface area (Å²) in [5.41, 5.74) is 4.28. The van der Waals surface area contributed by atoms with Crippen molar-refractivity contribution in [2.24, 2.45) is 0 Å². The standard InChI is InChI=1S/C11H16N2.2ClH/c1-12-8-9-3-4-11-10(7-9)5-6-13(11)2;;/h3-4,7,12H,5-6,8H2,1-2H3;2*1H. The largest absolute Gasteiger partial charge is 0.374 e. The third-order valence-corrected chi connectivity index (χ3v) is 2.65. The Morgan fingerprint density at radius 3 is 2.73 bits per heavy atom. The molecule has 2 nitrogen and oxygen atoms in total. The number of halogens is 2. The third-order valence-electron chi connectivity index (χ3n) is 2.65. The van der Waals surface area contributed by atoms with Crippen molar-refractivity contribution in [1.82, 2.24) is 5.32 Å². The van der Waals surface area contributed by atoms with Gasteiger partial charge in [-0.05, 0) is 30.7 Å². The van der Waals surface area contributed by atoms with Crippen molar-refractivity contribution < 1.29 is 0 Å². The molecule has 0 saturated carbocycles.